The third-order valence-corrected chi connectivity index (χ3v) is 3.69. The summed E-state index contributed by atoms with van der Waals surface area (Å²) in [6.45, 7) is 1.66. The van der Waals surface area contributed by atoms with Crippen molar-refractivity contribution < 1.29 is 9.90 Å². The van der Waals surface area contributed by atoms with Crippen LogP contribution in [0.3, 0.4) is 0 Å². The van der Waals surface area contributed by atoms with E-state index >= 15 is 0 Å². The van der Waals surface area contributed by atoms with Gasteiger partial charge in [-0.15, -0.1) is 0 Å². The summed E-state index contributed by atoms with van der Waals surface area (Å²) in [6, 6.07) is 5.77. The van der Waals surface area contributed by atoms with Gasteiger partial charge in [-0.2, -0.15) is 0 Å². The zero-order valence-electron chi connectivity index (χ0n) is 10.1. The van der Waals surface area contributed by atoms with Gasteiger partial charge in [0.1, 0.15) is 0 Å². The number of hydrogen-bond donors (Lipinski definition) is 2. The summed E-state index contributed by atoms with van der Waals surface area (Å²) in [7, 11) is 0. The first-order valence-electron chi connectivity index (χ1n) is 6.19. The summed E-state index contributed by atoms with van der Waals surface area (Å²) in [4.78, 5) is 10.9. The number of rotatable bonds is 3. The molecule has 0 heterocycles. The number of nitrogens with two attached hydrogens (primary N) is 1. The van der Waals surface area contributed by atoms with Crippen LogP contribution in [0, 0.1) is 5.92 Å². The highest BCUT2D eigenvalue weighted by atomic mass is 16.4. The monoisotopic (exact) mass is 233 g/mol. The van der Waals surface area contributed by atoms with Crippen molar-refractivity contribution in [3.63, 3.8) is 0 Å². The molecule has 1 aromatic carbocycles. The molecule has 0 amide bonds. The van der Waals surface area contributed by atoms with Gasteiger partial charge in [0.05, 0.1) is 5.92 Å². The van der Waals surface area contributed by atoms with Crippen molar-refractivity contribution in [2.75, 3.05) is 0 Å². The Morgan fingerprint density at radius 2 is 1.94 bits per heavy atom. The topological polar surface area (TPSA) is 63.3 Å². The molecule has 0 aromatic heterocycles. The minimum absolute atomic E-state index is 0.417. The first kappa shape index (κ1) is 12.1. The van der Waals surface area contributed by atoms with Crippen molar-refractivity contribution >= 4 is 5.97 Å². The van der Waals surface area contributed by atoms with Crippen molar-refractivity contribution in [3.05, 3.63) is 34.9 Å². The lowest BCUT2D eigenvalue weighted by Gasteiger charge is -2.21. The number of carboxylic acids is 1. The Hall–Kier alpha value is -1.35. The molecule has 17 heavy (non-hydrogen) atoms. The van der Waals surface area contributed by atoms with Gasteiger partial charge in [0, 0.05) is 6.04 Å². The summed E-state index contributed by atoms with van der Waals surface area (Å²) in [5, 5.41) is 8.97. The fourth-order valence-corrected chi connectivity index (χ4v) is 2.40. The van der Waals surface area contributed by atoms with Gasteiger partial charge >= 0.3 is 5.97 Å². The molecule has 1 aliphatic carbocycles. The molecule has 1 aromatic rings. The summed E-state index contributed by atoms with van der Waals surface area (Å²) < 4.78 is 0. The molecule has 2 rings (SSSR count). The number of carboxylic acid groups (broad SMARTS) is 1. The molecule has 3 heteroatoms. The molecule has 3 N–H and O–H groups in total. The lowest BCUT2D eigenvalue weighted by Crippen LogP contribution is -2.26. The molecule has 0 fully saturated rings. The van der Waals surface area contributed by atoms with Crippen LogP contribution >= 0.6 is 0 Å². The Bertz CT molecular complexity index is 428. The number of aliphatic carboxylic acids is 1. The third-order valence-electron chi connectivity index (χ3n) is 3.69. The summed E-state index contributed by atoms with van der Waals surface area (Å²) >= 11 is 0. The van der Waals surface area contributed by atoms with E-state index in [-0.39, 0.29) is 0 Å². The Kier molecular flexibility index (Phi) is 3.48. The largest absolute Gasteiger partial charge is 0.481 e. The predicted molar refractivity (Wildman–Crippen MR) is 66.8 cm³/mol. The van der Waals surface area contributed by atoms with Crippen molar-refractivity contribution in [1.29, 1.82) is 0 Å². The molecular formula is C14H19NO2. The maximum absolute atomic E-state index is 10.9. The SMILES string of the molecule is CC(C(=O)O)C(N)c1ccc2c(c1)CCCC2. The lowest BCUT2D eigenvalue weighted by molar-refractivity contribution is -0.141. The zero-order chi connectivity index (χ0) is 12.4. The summed E-state index contributed by atoms with van der Waals surface area (Å²) in [6.07, 6.45) is 4.71. The highest BCUT2D eigenvalue weighted by Gasteiger charge is 2.22. The van der Waals surface area contributed by atoms with Gasteiger partial charge in [-0.1, -0.05) is 25.1 Å². The van der Waals surface area contributed by atoms with Crippen LogP contribution in [-0.2, 0) is 17.6 Å². The van der Waals surface area contributed by atoms with E-state index < -0.39 is 17.9 Å². The minimum atomic E-state index is -0.838. The van der Waals surface area contributed by atoms with Crippen LogP contribution < -0.4 is 5.73 Å². The van der Waals surface area contributed by atoms with E-state index in [2.05, 4.69) is 12.1 Å². The smallest absolute Gasteiger partial charge is 0.308 e. The fourth-order valence-electron chi connectivity index (χ4n) is 2.40. The zero-order valence-corrected chi connectivity index (χ0v) is 10.1. The molecule has 2 unspecified atom stereocenters. The Morgan fingerprint density at radius 3 is 2.59 bits per heavy atom. The van der Waals surface area contributed by atoms with Gasteiger partial charge in [-0.25, -0.2) is 0 Å². The van der Waals surface area contributed by atoms with Gasteiger partial charge in [-0.3, -0.25) is 4.79 Å². The molecule has 0 aliphatic heterocycles. The van der Waals surface area contributed by atoms with E-state index in [4.69, 9.17) is 10.8 Å². The fraction of sp³-hybridized carbons (Fsp3) is 0.500. The van der Waals surface area contributed by atoms with Crippen molar-refractivity contribution in [1.82, 2.24) is 0 Å². The van der Waals surface area contributed by atoms with E-state index in [9.17, 15) is 4.79 Å². The van der Waals surface area contributed by atoms with Gasteiger partial charge in [-0.05, 0) is 42.4 Å². The van der Waals surface area contributed by atoms with Crippen LogP contribution in [-0.4, -0.2) is 11.1 Å². The van der Waals surface area contributed by atoms with Crippen LogP contribution in [0.15, 0.2) is 18.2 Å². The maximum atomic E-state index is 10.9. The second-order valence-electron chi connectivity index (χ2n) is 4.89. The van der Waals surface area contributed by atoms with Gasteiger partial charge in [0.2, 0.25) is 0 Å². The predicted octanol–water partition coefficient (Wildman–Crippen LogP) is 2.29. The van der Waals surface area contributed by atoms with Gasteiger partial charge in [0.15, 0.2) is 0 Å². The summed E-state index contributed by atoms with van der Waals surface area (Å²) in [5.74, 6) is -1.38. The Labute approximate surface area is 102 Å². The highest BCUT2D eigenvalue weighted by molar-refractivity contribution is 5.70. The van der Waals surface area contributed by atoms with Gasteiger partial charge in [0.25, 0.3) is 0 Å². The molecule has 0 saturated heterocycles. The van der Waals surface area contributed by atoms with Crippen LogP contribution in [0.4, 0.5) is 0 Å². The maximum Gasteiger partial charge on any atom is 0.308 e. The van der Waals surface area contributed by atoms with Crippen molar-refractivity contribution in [2.24, 2.45) is 11.7 Å². The number of fused-ring (bicyclic) bond motifs is 1. The lowest BCUT2D eigenvalue weighted by atomic mass is 9.87. The van der Waals surface area contributed by atoms with E-state index in [1.54, 1.807) is 6.92 Å². The molecule has 0 spiro atoms. The van der Waals surface area contributed by atoms with Crippen LogP contribution in [0.2, 0.25) is 0 Å². The quantitative estimate of drug-likeness (QED) is 0.842. The standard InChI is InChI=1S/C14H19NO2/c1-9(14(16)17)13(15)12-7-6-10-4-2-3-5-11(10)8-12/h6-9,13H,2-5,15H2,1H3,(H,16,17). The average molecular weight is 233 g/mol. The van der Waals surface area contributed by atoms with E-state index in [1.165, 1.54) is 24.0 Å². The molecule has 2 atom stereocenters. The number of benzene rings is 1. The van der Waals surface area contributed by atoms with Crippen LogP contribution in [0.1, 0.15) is 42.5 Å². The molecule has 1 aliphatic rings. The molecule has 0 saturated carbocycles. The highest BCUT2D eigenvalue weighted by Crippen LogP contribution is 2.26. The number of hydrogen-bond acceptors (Lipinski definition) is 2. The first-order valence-corrected chi connectivity index (χ1v) is 6.19. The van der Waals surface area contributed by atoms with E-state index in [1.807, 2.05) is 6.07 Å². The van der Waals surface area contributed by atoms with E-state index in [0.717, 1.165) is 18.4 Å². The Morgan fingerprint density at radius 1 is 1.29 bits per heavy atom. The van der Waals surface area contributed by atoms with Gasteiger partial charge < -0.3 is 10.8 Å². The second kappa shape index (κ2) is 4.88. The third kappa shape index (κ3) is 2.50. The van der Waals surface area contributed by atoms with Crippen molar-refractivity contribution in [3.8, 4) is 0 Å². The summed E-state index contributed by atoms with van der Waals surface area (Å²) in [5.41, 5.74) is 9.68. The number of carbonyl (C=O) groups is 1. The minimum Gasteiger partial charge on any atom is -0.481 e. The molecule has 0 bridgehead atoms. The number of aryl methyl sites for hydroxylation is 2. The first-order chi connectivity index (χ1) is 8.09. The van der Waals surface area contributed by atoms with Crippen LogP contribution in [0.5, 0.6) is 0 Å². The molecular weight excluding hydrogens is 214 g/mol. The normalized spacial score (nSPS) is 18.2. The molecule has 92 valence electrons. The van der Waals surface area contributed by atoms with E-state index in [0.29, 0.717) is 0 Å². The van der Waals surface area contributed by atoms with Crippen molar-refractivity contribution in [2.45, 2.75) is 38.6 Å². The second-order valence-corrected chi connectivity index (χ2v) is 4.89. The Balaban J connectivity index is 2.24. The van der Waals surface area contributed by atoms with Crippen LogP contribution in [0.25, 0.3) is 0 Å². The molecule has 3 nitrogen and oxygen atoms in total. The average Bonchev–Trinajstić information content (AvgIpc) is 2.36. The molecule has 0 radical (unpaired) electrons.